The van der Waals surface area contributed by atoms with Crippen molar-refractivity contribution >= 4 is 5.91 Å². The average molecular weight is 342 g/mol. The van der Waals surface area contributed by atoms with Crippen LogP contribution in [0.2, 0.25) is 0 Å². The molecule has 134 valence electrons. The molecule has 0 spiro atoms. The molecule has 1 amide bonds. The number of furan rings is 1. The Kier molecular flexibility index (Phi) is 5.89. The first-order chi connectivity index (χ1) is 12.2. The number of aryl methyl sites for hydroxylation is 1. The largest absolute Gasteiger partial charge is 0.456 e. The van der Waals surface area contributed by atoms with Crippen LogP contribution >= 0.6 is 0 Å². The second kappa shape index (κ2) is 8.32. The Morgan fingerprint density at radius 1 is 1.28 bits per heavy atom. The van der Waals surface area contributed by atoms with E-state index in [4.69, 9.17) is 4.42 Å². The van der Waals surface area contributed by atoms with Crippen molar-refractivity contribution in [2.24, 2.45) is 5.92 Å². The molecular formula is C20H26N2O3. The SMILES string of the molecule is CCc1ccc(C(=O)NC2CN(Cc3ccccc3)CCC2CO)o1. The number of amides is 1. The van der Waals surface area contributed by atoms with Crippen molar-refractivity contribution in [2.45, 2.75) is 32.4 Å². The quantitative estimate of drug-likeness (QED) is 0.846. The zero-order valence-electron chi connectivity index (χ0n) is 14.6. The molecule has 25 heavy (non-hydrogen) atoms. The maximum absolute atomic E-state index is 12.5. The van der Waals surface area contributed by atoms with E-state index < -0.39 is 0 Å². The first-order valence-electron chi connectivity index (χ1n) is 8.96. The lowest BCUT2D eigenvalue weighted by Gasteiger charge is -2.38. The Balaban J connectivity index is 1.63. The van der Waals surface area contributed by atoms with Gasteiger partial charge in [0.2, 0.25) is 0 Å². The molecule has 1 aromatic heterocycles. The highest BCUT2D eigenvalue weighted by atomic mass is 16.3. The summed E-state index contributed by atoms with van der Waals surface area (Å²) in [5.74, 6) is 1.02. The van der Waals surface area contributed by atoms with Gasteiger partial charge in [0.25, 0.3) is 5.91 Å². The molecule has 2 N–H and O–H groups in total. The van der Waals surface area contributed by atoms with Crippen LogP contribution in [0, 0.1) is 5.92 Å². The first-order valence-corrected chi connectivity index (χ1v) is 8.96. The summed E-state index contributed by atoms with van der Waals surface area (Å²) in [6, 6.07) is 13.8. The van der Waals surface area contributed by atoms with Crippen LogP contribution < -0.4 is 5.32 Å². The lowest BCUT2D eigenvalue weighted by atomic mass is 9.92. The van der Waals surface area contributed by atoms with Crippen LogP contribution in [0.4, 0.5) is 0 Å². The number of aliphatic hydroxyl groups is 1. The van der Waals surface area contributed by atoms with Crippen LogP contribution in [0.15, 0.2) is 46.9 Å². The minimum atomic E-state index is -0.204. The summed E-state index contributed by atoms with van der Waals surface area (Å²) in [7, 11) is 0. The van der Waals surface area contributed by atoms with Gasteiger partial charge in [-0.25, -0.2) is 0 Å². The molecule has 0 aliphatic carbocycles. The van der Waals surface area contributed by atoms with E-state index in [2.05, 4.69) is 22.3 Å². The molecular weight excluding hydrogens is 316 g/mol. The molecule has 1 aliphatic rings. The summed E-state index contributed by atoms with van der Waals surface area (Å²) >= 11 is 0. The van der Waals surface area contributed by atoms with E-state index in [-0.39, 0.29) is 24.5 Å². The number of benzene rings is 1. The third-order valence-electron chi connectivity index (χ3n) is 4.87. The van der Waals surface area contributed by atoms with Gasteiger partial charge in [0.05, 0.1) is 0 Å². The molecule has 0 radical (unpaired) electrons. The van der Waals surface area contributed by atoms with Crippen LogP contribution in [0.25, 0.3) is 0 Å². The van der Waals surface area contributed by atoms with E-state index in [1.54, 1.807) is 6.07 Å². The van der Waals surface area contributed by atoms with Crippen LogP contribution in [0.3, 0.4) is 0 Å². The molecule has 2 heterocycles. The Hall–Kier alpha value is -2.11. The normalized spacial score (nSPS) is 21.2. The topological polar surface area (TPSA) is 65.7 Å². The second-order valence-corrected chi connectivity index (χ2v) is 6.65. The molecule has 1 aromatic carbocycles. The minimum Gasteiger partial charge on any atom is -0.456 e. The summed E-state index contributed by atoms with van der Waals surface area (Å²) in [6.07, 6.45) is 1.63. The number of nitrogens with zero attached hydrogens (tertiary/aromatic N) is 1. The zero-order chi connectivity index (χ0) is 17.6. The Morgan fingerprint density at radius 3 is 2.76 bits per heavy atom. The summed E-state index contributed by atoms with van der Waals surface area (Å²) in [4.78, 5) is 14.8. The number of rotatable bonds is 6. The predicted molar refractivity (Wildman–Crippen MR) is 96.3 cm³/mol. The van der Waals surface area contributed by atoms with Crippen LogP contribution in [-0.2, 0) is 13.0 Å². The third-order valence-corrected chi connectivity index (χ3v) is 4.87. The van der Waals surface area contributed by atoms with Crippen LogP contribution in [0.1, 0.15) is 35.2 Å². The van der Waals surface area contributed by atoms with E-state index in [0.717, 1.165) is 38.2 Å². The van der Waals surface area contributed by atoms with Gasteiger partial charge >= 0.3 is 0 Å². The fourth-order valence-corrected chi connectivity index (χ4v) is 3.36. The Bertz CT molecular complexity index is 683. The second-order valence-electron chi connectivity index (χ2n) is 6.65. The molecule has 2 unspecified atom stereocenters. The summed E-state index contributed by atoms with van der Waals surface area (Å²) in [6.45, 7) is 4.58. The highest BCUT2D eigenvalue weighted by Gasteiger charge is 2.30. The van der Waals surface area contributed by atoms with E-state index in [9.17, 15) is 9.90 Å². The summed E-state index contributed by atoms with van der Waals surface area (Å²) in [5.41, 5.74) is 1.26. The predicted octanol–water partition coefficient (Wildman–Crippen LogP) is 2.45. The summed E-state index contributed by atoms with van der Waals surface area (Å²) in [5, 5.41) is 12.7. The number of carbonyl (C=O) groups is 1. The lowest BCUT2D eigenvalue weighted by molar-refractivity contribution is 0.0710. The van der Waals surface area contributed by atoms with Crippen molar-refractivity contribution in [3.63, 3.8) is 0 Å². The number of carbonyl (C=O) groups excluding carboxylic acids is 1. The minimum absolute atomic E-state index is 0.0786. The smallest absolute Gasteiger partial charge is 0.287 e. The molecule has 5 nitrogen and oxygen atoms in total. The molecule has 5 heteroatoms. The molecule has 0 bridgehead atoms. The number of nitrogens with one attached hydrogen (secondary N) is 1. The standard InChI is InChI=1S/C20H26N2O3/c1-2-17-8-9-19(25-17)20(24)21-18-13-22(11-10-16(18)14-23)12-15-6-4-3-5-7-15/h3-9,16,18,23H,2,10-14H2,1H3,(H,21,24). The number of hydrogen-bond donors (Lipinski definition) is 2. The van der Waals surface area contributed by atoms with Crippen molar-refractivity contribution in [3.8, 4) is 0 Å². The number of piperidine rings is 1. The summed E-state index contributed by atoms with van der Waals surface area (Å²) < 4.78 is 5.54. The number of likely N-dealkylation sites (tertiary alicyclic amines) is 1. The molecule has 3 rings (SSSR count). The van der Waals surface area contributed by atoms with E-state index in [1.807, 2.05) is 31.2 Å². The monoisotopic (exact) mass is 342 g/mol. The average Bonchev–Trinajstić information content (AvgIpc) is 3.12. The van der Waals surface area contributed by atoms with E-state index in [0.29, 0.717) is 5.76 Å². The van der Waals surface area contributed by atoms with Gasteiger partial charge in [0, 0.05) is 38.1 Å². The van der Waals surface area contributed by atoms with Gasteiger partial charge < -0.3 is 14.8 Å². The lowest BCUT2D eigenvalue weighted by Crippen LogP contribution is -2.53. The van der Waals surface area contributed by atoms with Gasteiger partial charge in [-0.1, -0.05) is 37.3 Å². The number of hydrogen-bond acceptors (Lipinski definition) is 4. The van der Waals surface area contributed by atoms with Crippen LogP contribution in [-0.4, -0.2) is 41.7 Å². The first kappa shape index (κ1) is 17.7. The van der Waals surface area contributed by atoms with Crippen molar-refractivity contribution in [1.29, 1.82) is 0 Å². The molecule has 1 saturated heterocycles. The maximum atomic E-state index is 12.5. The maximum Gasteiger partial charge on any atom is 0.287 e. The van der Waals surface area contributed by atoms with Crippen molar-refractivity contribution < 1.29 is 14.3 Å². The van der Waals surface area contributed by atoms with Crippen molar-refractivity contribution in [2.75, 3.05) is 19.7 Å². The highest BCUT2D eigenvalue weighted by Crippen LogP contribution is 2.20. The van der Waals surface area contributed by atoms with Gasteiger partial charge in [-0.3, -0.25) is 9.69 Å². The molecule has 2 aromatic rings. The van der Waals surface area contributed by atoms with Gasteiger partial charge in [-0.05, 0) is 30.7 Å². The fraction of sp³-hybridized carbons (Fsp3) is 0.450. The fourth-order valence-electron chi connectivity index (χ4n) is 3.36. The Labute approximate surface area is 148 Å². The highest BCUT2D eigenvalue weighted by molar-refractivity contribution is 5.91. The molecule has 0 saturated carbocycles. The van der Waals surface area contributed by atoms with Crippen molar-refractivity contribution in [3.05, 3.63) is 59.5 Å². The Morgan fingerprint density at radius 2 is 2.08 bits per heavy atom. The third kappa shape index (κ3) is 4.50. The van der Waals surface area contributed by atoms with Gasteiger partial charge in [0.1, 0.15) is 5.76 Å². The van der Waals surface area contributed by atoms with E-state index >= 15 is 0 Å². The molecule has 1 aliphatic heterocycles. The van der Waals surface area contributed by atoms with Gasteiger partial charge in [-0.15, -0.1) is 0 Å². The molecule has 2 atom stereocenters. The van der Waals surface area contributed by atoms with Crippen molar-refractivity contribution in [1.82, 2.24) is 10.2 Å². The zero-order valence-corrected chi connectivity index (χ0v) is 14.6. The van der Waals surface area contributed by atoms with Gasteiger partial charge in [0.15, 0.2) is 5.76 Å². The number of aliphatic hydroxyl groups excluding tert-OH is 1. The molecule has 1 fully saturated rings. The van der Waals surface area contributed by atoms with Gasteiger partial charge in [-0.2, -0.15) is 0 Å². The van der Waals surface area contributed by atoms with E-state index in [1.165, 1.54) is 5.56 Å². The van der Waals surface area contributed by atoms with Crippen LogP contribution in [0.5, 0.6) is 0 Å².